The van der Waals surface area contributed by atoms with Crippen molar-refractivity contribution in [1.82, 2.24) is 10.2 Å². The van der Waals surface area contributed by atoms with Gasteiger partial charge in [0.05, 0.1) is 6.54 Å². The average Bonchev–Trinajstić information content (AvgIpc) is 2.30. The smallest absolute Gasteiger partial charge is 0.242 e. The highest BCUT2D eigenvalue weighted by atomic mass is 16.2. The molecule has 0 aromatic heterocycles. The highest BCUT2D eigenvalue weighted by molar-refractivity contribution is 5.87. The molecule has 1 fully saturated rings. The van der Waals surface area contributed by atoms with Crippen LogP contribution >= 0.6 is 0 Å². The van der Waals surface area contributed by atoms with Crippen LogP contribution in [-0.4, -0.2) is 35.8 Å². The van der Waals surface area contributed by atoms with Crippen LogP contribution in [0, 0.1) is 0 Å². The van der Waals surface area contributed by atoms with Crippen LogP contribution in [0.25, 0.3) is 0 Å². The zero-order chi connectivity index (χ0) is 10.6. The number of rotatable bonds is 3. The first-order chi connectivity index (χ1) is 6.65. The van der Waals surface area contributed by atoms with E-state index in [2.05, 4.69) is 12.2 Å². The van der Waals surface area contributed by atoms with Gasteiger partial charge in [-0.25, -0.2) is 0 Å². The minimum absolute atomic E-state index is 0.0236. The summed E-state index contributed by atoms with van der Waals surface area (Å²) in [7, 11) is 0. The van der Waals surface area contributed by atoms with Gasteiger partial charge in [-0.15, -0.1) is 0 Å². The van der Waals surface area contributed by atoms with Gasteiger partial charge in [0.2, 0.25) is 11.8 Å². The lowest BCUT2D eigenvalue weighted by atomic mass is 10.1. The van der Waals surface area contributed by atoms with Crippen LogP contribution in [0.4, 0.5) is 0 Å². The number of carbonyl (C=O) groups excluding carboxylic acids is 2. The molecular weight excluding hydrogens is 180 g/mol. The van der Waals surface area contributed by atoms with Gasteiger partial charge in [0.1, 0.15) is 0 Å². The molecule has 1 atom stereocenters. The molecule has 14 heavy (non-hydrogen) atoms. The monoisotopic (exact) mass is 198 g/mol. The van der Waals surface area contributed by atoms with E-state index in [4.69, 9.17) is 0 Å². The third-order valence-corrected chi connectivity index (χ3v) is 2.58. The maximum atomic E-state index is 11.6. The normalized spacial score (nSPS) is 20.3. The number of nitrogens with zero attached hydrogens (tertiary/aromatic N) is 1. The molecule has 0 spiro atoms. The maximum Gasteiger partial charge on any atom is 0.242 e. The van der Waals surface area contributed by atoms with Crippen LogP contribution < -0.4 is 5.32 Å². The molecule has 0 bridgehead atoms. The second-order valence-electron chi connectivity index (χ2n) is 3.75. The van der Waals surface area contributed by atoms with Gasteiger partial charge in [-0.2, -0.15) is 0 Å². The Morgan fingerprint density at radius 3 is 2.86 bits per heavy atom. The van der Waals surface area contributed by atoms with Crippen LogP contribution in [0.15, 0.2) is 0 Å². The van der Waals surface area contributed by atoms with Gasteiger partial charge >= 0.3 is 0 Å². The fraction of sp³-hybridized carbons (Fsp3) is 0.800. The minimum atomic E-state index is -0.0236. The molecule has 1 N–H and O–H groups in total. The second kappa shape index (κ2) is 4.98. The number of amides is 2. The highest BCUT2D eigenvalue weighted by Crippen LogP contribution is 2.09. The van der Waals surface area contributed by atoms with Gasteiger partial charge in [-0.05, 0) is 13.3 Å². The van der Waals surface area contributed by atoms with E-state index in [-0.39, 0.29) is 24.4 Å². The molecule has 0 aromatic rings. The van der Waals surface area contributed by atoms with Gasteiger partial charge in [-0.1, -0.05) is 13.3 Å². The molecule has 1 rings (SSSR count). The van der Waals surface area contributed by atoms with E-state index in [0.717, 1.165) is 12.8 Å². The first-order valence-electron chi connectivity index (χ1n) is 5.21. The molecule has 0 saturated carbocycles. The summed E-state index contributed by atoms with van der Waals surface area (Å²) < 4.78 is 0. The molecule has 4 nitrogen and oxygen atoms in total. The largest absolute Gasteiger partial charge is 0.347 e. The highest BCUT2D eigenvalue weighted by Gasteiger charge is 2.23. The zero-order valence-electron chi connectivity index (χ0n) is 8.88. The number of hydrogen-bond acceptors (Lipinski definition) is 2. The third-order valence-electron chi connectivity index (χ3n) is 2.58. The number of hydrogen-bond donors (Lipinski definition) is 1. The number of carbonyl (C=O) groups is 2. The van der Waals surface area contributed by atoms with Gasteiger partial charge in [-0.3, -0.25) is 9.59 Å². The van der Waals surface area contributed by atoms with Crippen molar-refractivity contribution in [3.05, 3.63) is 0 Å². The summed E-state index contributed by atoms with van der Waals surface area (Å²) >= 11 is 0. The maximum absolute atomic E-state index is 11.6. The van der Waals surface area contributed by atoms with E-state index in [0.29, 0.717) is 13.0 Å². The van der Waals surface area contributed by atoms with Crippen molar-refractivity contribution in [2.24, 2.45) is 0 Å². The zero-order valence-corrected chi connectivity index (χ0v) is 8.88. The SMILES string of the molecule is CCCC(C)N1CCC(=O)NCC1=O. The van der Waals surface area contributed by atoms with Crippen molar-refractivity contribution >= 4 is 11.8 Å². The fourth-order valence-corrected chi connectivity index (χ4v) is 1.75. The molecule has 1 aliphatic heterocycles. The Bertz CT molecular complexity index is 228. The Hall–Kier alpha value is -1.06. The van der Waals surface area contributed by atoms with Gasteiger partial charge < -0.3 is 10.2 Å². The van der Waals surface area contributed by atoms with Crippen molar-refractivity contribution in [1.29, 1.82) is 0 Å². The van der Waals surface area contributed by atoms with Gasteiger partial charge in [0, 0.05) is 19.0 Å². The lowest BCUT2D eigenvalue weighted by Crippen LogP contribution is -2.41. The van der Waals surface area contributed by atoms with E-state index in [1.54, 1.807) is 4.90 Å². The Morgan fingerprint density at radius 2 is 2.21 bits per heavy atom. The summed E-state index contributed by atoms with van der Waals surface area (Å²) in [5, 5.41) is 2.59. The average molecular weight is 198 g/mol. The van der Waals surface area contributed by atoms with Crippen molar-refractivity contribution in [3.63, 3.8) is 0 Å². The predicted octanol–water partition coefficient (Wildman–Crippen LogP) is 0.523. The fourth-order valence-electron chi connectivity index (χ4n) is 1.75. The molecule has 4 heteroatoms. The quantitative estimate of drug-likeness (QED) is 0.719. The Balaban J connectivity index is 2.57. The summed E-state index contributed by atoms with van der Waals surface area (Å²) in [6.07, 6.45) is 2.49. The van der Waals surface area contributed by atoms with E-state index in [1.807, 2.05) is 6.92 Å². The van der Waals surface area contributed by atoms with Crippen LogP contribution in [-0.2, 0) is 9.59 Å². The van der Waals surface area contributed by atoms with Crippen LogP contribution in [0.1, 0.15) is 33.1 Å². The predicted molar refractivity (Wildman–Crippen MR) is 53.7 cm³/mol. The van der Waals surface area contributed by atoms with Crippen molar-refractivity contribution in [2.45, 2.75) is 39.2 Å². The molecule has 80 valence electrons. The van der Waals surface area contributed by atoms with E-state index < -0.39 is 0 Å². The minimum Gasteiger partial charge on any atom is -0.347 e. The van der Waals surface area contributed by atoms with E-state index >= 15 is 0 Å². The van der Waals surface area contributed by atoms with Gasteiger partial charge in [0.15, 0.2) is 0 Å². The number of nitrogens with one attached hydrogen (secondary N) is 1. The first-order valence-corrected chi connectivity index (χ1v) is 5.21. The molecule has 1 unspecified atom stereocenters. The van der Waals surface area contributed by atoms with Crippen molar-refractivity contribution in [2.75, 3.05) is 13.1 Å². The second-order valence-corrected chi connectivity index (χ2v) is 3.75. The molecule has 0 radical (unpaired) electrons. The summed E-state index contributed by atoms with van der Waals surface area (Å²) in [5.41, 5.74) is 0. The van der Waals surface area contributed by atoms with Crippen molar-refractivity contribution < 1.29 is 9.59 Å². The first kappa shape index (κ1) is 11.0. The molecule has 1 aliphatic rings. The van der Waals surface area contributed by atoms with E-state index in [9.17, 15) is 9.59 Å². The molecule has 1 saturated heterocycles. The summed E-state index contributed by atoms with van der Waals surface area (Å²) in [6, 6.07) is 0.250. The van der Waals surface area contributed by atoms with Crippen LogP contribution in [0.3, 0.4) is 0 Å². The molecular formula is C10H18N2O2. The van der Waals surface area contributed by atoms with Crippen LogP contribution in [0.5, 0.6) is 0 Å². The molecule has 1 heterocycles. The summed E-state index contributed by atoms with van der Waals surface area (Å²) in [6.45, 7) is 4.86. The third kappa shape index (κ3) is 2.72. The lowest BCUT2D eigenvalue weighted by molar-refractivity contribution is -0.131. The van der Waals surface area contributed by atoms with Crippen LogP contribution in [0.2, 0.25) is 0 Å². The standard InChI is InChI=1S/C10H18N2O2/c1-3-4-8(2)12-6-5-9(13)11-7-10(12)14/h8H,3-7H2,1-2H3,(H,11,13). The van der Waals surface area contributed by atoms with E-state index in [1.165, 1.54) is 0 Å². The topological polar surface area (TPSA) is 49.4 Å². The van der Waals surface area contributed by atoms with Gasteiger partial charge in [0.25, 0.3) is 0 Å². The molecule has 0 aliphatic carbocycles. The molecule has 2 amide bonds. The van der Waals surface area contributed by atoms with Crippen molar-refractivity contribution in [3.8, 4) is 0 Å². The lowest BCUT2D eigenvalue weighted by Gasteiger charge is -2.27. The summed E-state index contributed by atoms with van der Waals surface area (Å²) in [5.74, 6) is 0.0151. The summed E-state index contributed by atoms with van der Waals surface area (Å²) in [4.78, 5) is 24.5. The Morgan fingerprint density at radius 1 is 1.50 bits per heavy atom. The Kier molecular flexibility index (Phi) is 3.92. The Labute approximate surface area is 84.7 Å². The molecule has 0 aromatic carbocycles.